The van der Waals surface area contributed by atoms with E-state index in [0.29, 0.717) is 5.69 Å². The van der Waals surface area contributed by atoms with Crippen LogP contribution >= 0.6 is 0 Å². The summed E-state index contributed by atoms with van der Waals surface area (Å²) in [5, 5.41) is 12.4. The van der Waals surface area contributed by atoms with Crippen LogP contribution < -0.4 is 5.32 Å². The lowest BCUT2D eigenvalue weighted by molar-refractivity contribution is -0.253. The first-order chi connectivity index (χ1) is 22.8. The molecule has 8 heteroatoms. The van der Waals surface area contributed by atoms with E-state index in [-0.39, 0.29) is 18.8 Å². The number of hydrogen-bond acceptors (Lipinski definition) is 7. The molecular weight excluding hydrogens is 592 g/mol. The molecule has 0 bridgehead atoms. The van der Waals surface area contributed by atoms with E-state index in [1.165, 1.54) is 84.0 Å². The van der Waals surface area contributed by atoms with Crippen molar-refractivity contribution in [1.29, 1.82) is 0 Å². The molecule has 1 saturated heterocycles. The molecule has 4 atom stereocenters. The minimum atomic E-state index is -0.904. The lowest BCUT2D eigenvalue weighted by atomic mass is 9.99. The van der Waals surface area contributed by atoms with Gasteiger partial charge in [-0.1, -0.05) is 114 Å². The number of esters is 1. The Labute approximate surface area is 283 Å². The monoisotopic (exact) mass is 652 g/mol. The van der Waals surface area contributed by atoms with E-state index in [1.807, 2.05) is 42.5 Å². The van der Waals surface area contributed by atoms with Crippen LogP contribution in [0.25, 0.3) is 0 Å². The highest BCUT2D eigenvalue weighted by Gasteiger charge is 2.33. The molecule has 1 fully saturated rings. The van der Waals surface area contributed by atoms with Crippen molar-refractivity contribution >= 4 is 17.6 Å². The maximum Gasteiger partial charge on any atom is 0.303 e. The summed E-state index contributed by atoms with van der Waals surface area (Å²) in [5.74, 6) is -0.904. The van der Waals surface area contributed by atoms with Crippen LogP contribution in [0.2, 0.25) is 0 Å². The molecule has 3 rings (SSSR count). The molecule has 1 aliphatic heterocycles. The van der Waals surface area contributed by atoms with Crippen LogP contribution in [-0.2, 0) is 30.4 Å². The van der Waals surface area contributed by atoms with Gasteiger partial charge in [0.05, 0.1) is 18.8 Å². The zero-order valence-corrected chi connectivity index (χ0v) is 29.4. The highest BCUT2D eigenvalue weighted by molar-refractivity contribution is 5.95. The quantitative estimate of drug-likeness (QED) is 0.0971. The third kappa shape index (κ3) is 14.5. The number of unbranched alkanes of at least 4 members (excludes halogenated alkanes) is 10. The molecule has 2 aromatic rings. The number of anilines is 1. The fourth-order valence-electron chi connectivity index (χ4n) is 6.16. The summed E-state index contributed by atoms with van der Waals surface area (Å²) < 4.78 is 18.3. The molecule has 1 amide bonds. The first-order valence-corrected chi connectivity index (χ1v) is 18.1. The highest BCUT2D eigenvalue weighted by Crippen LogP contribution is 2.38. The van der Waals surface area contributed by atoms with Crippen LogP contribution in [0.5, 0.6) is 0 Å². The van der Waals surface area contributed by atoms with Gasteiger partial charge >= 0.3 is 5.97 Å². The Morgan fingerprint density at radius 2 is 1.49 bits per heavy atom. The third-order valence-corrected chi connectivity index (χ3v) is 8.87. The summed E-state index contributed by atoms with van der Waals surface area (Å²) in [7, 11) is 0. The van der Waals surface area contributed by atoms with Gasteiger partial charge in [-0.05, 0) is 56.1 Å². The van der Waals surface area contributed by atoms with Gasteiger partial charge in [0.1, 0.15) is 0 Å². The Hall–Kier alpha value is -2.78. The average molecular weight is 653 g/mol. The van der Waals surface area contributed by atoms with Crippen molar-refractivity contribution in [3.05, 3.63) is 65.2 Å². The van der Waals surface area contributed by atoms with Crippen molar-refractivity contribution in [2.45, 2.75) is 142 Å². The number of benzene rings is 2. The van der Waals surface area contributed by atoms with Gasteiger partial charge in [0.15, 0.2) is 12.4 Å². The third-order valence-electron chi connectivity index (χ3n) is 8.87. The number of carbonyl (C=O) groups excluding carboxylic acids is 2. The predicted octanol–water partition coefficient (Wildman–Crippen LogP) is 8.64. The molecule has 1 heterocycles. The summed E-state index contributed by atoms with van der Waals surface area (Å²) in [6, 6.07) is 15.4. The van der Waals surface area contributed by atoms with E-state index in [0.717, 1.165) is 42.7 Å². The second-order valence-corrected chi connectivity index (χ2v) is 13.1. The van der Waals surface area contributed by atoms with Crippen molar-refractivity contribution in [2.75, 3.05) is 25.0 Å². The number of rotatable bonds is 22. The molecule has 0 aromatic heterocycles. The van der Waals surface area contributed by atoms with Gasteiger partial charge in [0.2, 0.25) is 0 Å². The van der Waals surface area contributed by atoms with Crippen LogP contribution in [0.4, 0.5) is 5.69 Å². The predicted molar refractivity (Wildman–Crippen MR) is 188 cm³/mol. The number of nitrogens with zero attached hydrogens (tertiary/aromatic N) is 1. The lowest BCUT2D eigenvalue weighted by Crippen LogP contribution is -2.40. The minimum Gasteiger partial charge on any atom is -0.453 e. The SMILES string of the molecule is CCCCCCCCN(CCCCCCCC)C[C@@H]1C[C@H](c2ccc(CO)cc2)O[C@H](c2cccc(NC(=O)[C@H](C)OC(C)=O)c2)O1. The summed E-state index contributed by atoms with van der Waals surface area (Å²) in [5.41, 5.74) is 3.31. The summed E-state index contributed by atoms with van der Waals surface area (Å²) in [6.45, 7) is 10.3. The maximum atomic E-state index is 12.6. The minimum absolute atomic E-state index is 0.000595. The molecule has 0 radical (unpaired) electrons. The fraction of sp³-hybridized carbons (Fsp3) is 0.641. The number of ether oxygens (including phenoxy) is 3. The molecule has 0 unspecified atom stereocenters. The van der Waals surface area contributed by atoms with Gasteiger partial charge in [-0.3, -0.25) is 9.59 Å². The summed E-state index contributed by atoms with van der Waals surface area (Å²) in [6.07, 6.45) is 14.3. The Morgan fingerprint density at radius 3 is 2.09 bits per heavy atom. The Bertz CT molecular complexity index is 1160. The Kier molecular flexibility index (Phi) is 18.1. The molecule has 0 spiro atoms. The standard InChI is InChI=1S/C39H60N2O6/c1-5-7-9-11-13-15-24-41(25-16-14-12-10-8-6-2)28-36-27-37(33-22-20-32(29-42)21-23-33)47-39(46-36)34-18-17-19-35(26-34)40-38(44)30(3)45-31(4)43/h17-23,26,30,36-37,39,42H,5-16,24-25,27-29H2,1-4H3,(H,40,44)/t30-,36-,37+,39+/m0/s1. The summed E-state index contributed by atoms with van der Waals surface area (Å²) >= 11 is 0. The fourth-order valence-corrected chi connectivity index (χ4v) is 6.16. The zero-order valence-electron chi connectivity index (χ0n) is 29.4. The topological polar surface area (TPSA) is 97.3 Å². The van der Waals surface area contributed by atoms with Crippen LogP contribution in [0.3, 0.4) is 0 Å². The van der Waals surface area contributed by atoms with Gasteiger partial charge in [0.25, 0.3) is 5.91 Å². The van der Waals surface area contributed by atoms with Crippen LogP contribution in [0.1, 0.15) is 140 Å². The molecule has 2 aromatic carbocycles. The summed E-state index contributed by atoms with van der Waals surface area (Å²) in [4.78, 5) is 26.6. The lowest BCUT2D eigenvalue weighted by Gasteiger charge is -2.38. The smallest absolute Gasteiger partial charge is 0.303 e. The van der Waals surface area contributed by atoms with Crippen molar-refractivity contribution < 1.29 is 28.9 Å². The molecule has 1 aliphatic rings. The molecule has 47 heavy (non-hydrogen) atoms. The first kappa shape index (κ1) is 38.7. The Balaban J connectivity index is 1.75. The van der Waals surface area contributed by atoms with E-state index < -0.39 is 24.3 Å². The van der Waals surface area contributed by atoms with E-state index >= 15 is 0 Å². The number of aliphatic hydroxyl groups is 1. The van der Waals surface area contributed by atoms with E-state index in [2.05, 4.69) is 24.1 Å². The molecule has 262 valence electrons. The van der Waals surface area contributed by atoms with Gasteiger partial charge < -0.3 is 29.5 Å². The number of carbonyl (C=O) groups is 2. The van der Waals surface area contributed by atoms with Crippen molar-refractivity contribution in [3.63, 3.8) is 0 Å². The first-order valence-electron chi connectivity index (χ1n) is 18.1. The average Bonchev–Trinajstić information content (AvgIpc) is 3.07. The molecular formula is C39H60N2O6. The van der Waals surface area contributed by atoms with Gasteiger partial charge in [0, 0.05) is 31.1 Å². The largest absolute Gasteiger partial charge is 0.453 e. The zero-order chi connectivity index (χ0) is 33.9. The van der Waals surface area contributed by atoms with E-state index in [1.54, 1.807) is 13.0 Å². The van der Waals surface area contributed by atoms with Crippen LogP contribution in [0.15, 0.2) is 48.5 Å². The van der Waals surface area contributed by atoms with Gasteiger partial charge in [-0.2, -0.15) is 0 Å². The molecule has 0 saturated carbocycles. The van der Waals surface area contributed by atoms with E-state index in [9.17, 15) is 14.7 Å². The Morgan fingerprint density at radius 1 is 0.872 bits per heavy atom. The van der Waals surface area contributed by atoms with Crippen LogP contribution in [0, 0.1) is 0 Å². The second kappa shape index (κ2) is 22.0. The number of nitrogens with one attached hydrogen (secondary N) is 1. The number of hydrogen-bond donors (Lipinski definition) is 2. The van der Waals surface area contributed by atoms with E-state index in [4.69, 9.17) is 14.2 Å². The number of amides is 1. The normalized spacial score (nSPS) is 18.6. The van der Waals surface area contributed by atoms with Crippen LogP contribution in [-0.4, -0.2) is 53.7 Å². The van der Waals surface area contributed by atoms with Crippen molar-refractivity contribution in [2.24, 2.45) is 0 Å². The van der Waals surface area contributed by atoms with Gasteiger partial charge in [-0.25, -0.2) is 0 Å². The maximum absolute atomic E-state index is 12.6. The number of aliphatic hydroxyl groups excluding tert-OH is 1. The van der Waals surface area contributed by atoms with Crippen molar-refractivity contribution in [3.8, 4) is 0 Å². The molecule has 0 aliphatic carbocycles. The molecule has 2 N–H and O–H groups in total. The highest BCUT2D eigenvalue weighted by atomic mass is 16.7. The second-order valence-electron chi connectivity index (χ2n) is 13.1. The molecule has 8 nitrogen and oxygen atoms in total. The van der Waals surface area contributed by atoms with Crippen molar-refractivity contribution in [1.82, 2.24) is 4.90 Å². The van der Waals surface area contributed by atoms with Gasteiger partial charge in [-0.15, -0.1) is 0 Å².